The van der Waals surface area contributed by atoms with Crippen LogP contribution in [0, 0.1) is 5.21 Å². The van der Waals surface area contributed by atoms with Crippen molar-refractivity contribution in [2.24, 2.45) is 5.28 Å². The van der Waals surface area contributed by atoms with E-state index in [1.54, 1.807) is 42.5 Å². The highest BCUT2D eigenvalue weighted by Crippen LogP contribution is 2.10. The Balaban J connectivity index is 1.73. The first-order valence-corrected chi connectivity index (χ1v) is 6.47. The Morgan fingerprint density at radius 3 is 2.29 bits per heavy atom. The molecule has 0 bridgehead atoms. The van der Waals surface area contributed by atoms with Gasteiger partial charge in [-0.15, -0.1) is 0 Å². The van der Waals surface area contributed by atoms with E-state index in [0.717, 1.165) is 0 Å². The number of ether oxygens (including phenoxy) is 1. The molecule has 1 atom stereocenters. The van der Waals surface area contributed by atoms with Gasteiger partial charge >= 0.3 is 0 Å². The molecular weight excluding hydrogens is 272 g/mol. The van der Waals surface area contributed by atoms with Crippen LogP contribution in [0.25, 0.3) is 0 Å². The summed E-state index contributed by atoms with van der Waals surface area (Å²) in [6.45, 7) is -0.0673. The third-order valence-corrected chi connectivity index (χ3v) is 2.56. The number of aliphatic hydroxyl groups is 1. The monoisotopic (exact) mass is 288 g/mol. The molecule has 1 unspecified atom stereocenters. The highest BCUT2D eigenvalue weighted by molar-refractivity contribution is 5.27. The summed E-state index contributed by atoms with van der Waals surface area (Å²) in [5.74, 6) is 0.656. The standard InChI is InChI=1S/C15H16N2O4/c18-14(11-20-15-9-5-2-6-10-15)12-21-16-17(19)13-7-3-1-4-8-13/h1-10,14,18H,11-12H2/b17-16-. The van der Waals surface area contributed by atoms with Crippen molar-refractivity contribution in [3.8, 4) is 5.75 Å². The van der Waals surface area contributed by atoms with E-state index >= 15 is 0 Å². The first-order valence-electron chi connectivity index (χ1n) is 6.47. The van der Waals surface area contributed by atoms with Crippen molar-refractivity contribution in [3.05, 3.63) is 65.9 Å². The van der Waals surface area contributed by atoms with Crippen molar-refractivity contribution in [2.45, 2.75) is 6.10 Å². The van der Waals surface area contributed by atoms with Crippen LogP contribution in [0.1, 0.15) is 0 Å². The fourth-order valence-corrected chi connectivity index (χ4v) is 1.53. The smallest absolute Gasteiger partial charge is 0.248 e. The van der Waals surface area contributed by atoms with E-state index < -0.39 is 6.10 Å². The van der Waals surface area contributed by atoms with Crippen molar-refractivity contribution >= 4 is 5.69 Å². The second-order valence-electron chi connectivity index (χ2n) is 4.26. The summed E-state index contributed by atoms with van der Waals surface area (Å²) >= 11 is 0. The summed E-state index contributed by atoms with van der Waals surface area (Å²) in [5, 5.41) is 24.5. The van der Waals surface area contributed by atoms with E-state index in [0.29, 0.717) is 16.3 Å². The van der Waals surface area contributed by atoms with E-state index in [1.807, 2.05) is 18.2 Å². The average molecular weight is 288 g/mol. The van der Waals surface area contributed by atoms with Crippen LogP contribution in [0.4, 0.5) is 5.69 Å². The Morgan fingerprint density at radius 2 is 1.62 bits per heavy atom. The molecule has 0 saturated carbocycles. The molecule has 2 rings (SSSR count). The van der Waals surface area contributed by atoms with E-state index in [-0.39, 0.29) is 13.2 Å². The zero-order valence-electron chi connectivity index (χ0n) is 11.3. The van der Waals surface area contributed by atoms with Crippen LogP contribution in [-0.4, -0.2) is 29.3 Å². The molecule has 2 aromatic rings. The van der Waals surface area contributed by atoms with Crippen LogP contribution in [0.15, 0.2) is 65.9 Å². The van der Waals surface area contributed by atoms with Crippen LogP contribution in [-0.2, 0) is 4.84 Å². The van der Waals surface area contributed by atoms with E-state index in [2.05, 4.69) is 5.28 Å². The fourth-order valence-electron chi connectivity index (χ4n) is 1.53. The van der Waals surface area contributed by atoms with Crippen molar-refractivity contribution < 1.29 is 19.5 Å². The zero-order valence-corrected chi connectivity index (χ0v) is 11.3. The highest BCUT2D eigenvalue weighted by atomic mass is 16.7. The van der Waals surface area contributed by atoms with Gasteiger partial charge < -0.3 is 19.9 Å². The Bertz CT molecular complexity index is 560. The molecule has 0 aliphatic heterocycles. The predicted molar refractivity (Wildman–Crippen MR) is 76.1 cm³/mol. The van der Waals surface area contributed by atoms with E-state index in [4.69, 9.17) is 9.57 Å². The maximum Gasteiger partial charge on any atom is 0.248 e. The summed E-state index contributed by atoms with van der Waals surface area (Å²) in [5.41, 5.74) is 0.354. The largest absolute Gasteiger partial charge is 0.592 e. The minimum Gasteiger partial charge on any atom is -0.592 e. The van der Waals surface area contributed by atoms with Gasteiger partial charge in [-0.05, 0) is 17.0 Å². The Morgan fingerprint density at radius 1 is 1.00 bits per heavy atom. The summed E-state index contributed by atoms with van der Waals surface area (Å²) in [4.78, 5) is 5.16. The van der Waals surface area contributed by atoms with Crippen molar-refractivity contribution in [3.63, 3.8) is 0 Å². The molecular formula is C15H16N2O4. The van der Waals surface area contributed by atoms with Gasteiger partial charge in [-0.1, -0.05) is 36.4 Å². The highest BCUT2D eigenvalue weighted by Gasteiger charge is 2.08. The molecule has 21 heavy (non-hydrogen) atoms. The van der Waals surface area contributed by atoms with Crippen LogP contribution in [0.2, 0.25) is 0 Å². The lowest BCUT2D eigenvalue weighted by Crippen LogP contribution is -2.22. The molecule has 0 aliphatic rings. The van der Waals surface area contributed by atoms with Gasteiger partial charge in [0.15, 0.2) is 6.61 Å². The number of nitrogens with zero attached hydrogens (tertiary/aromatic N) is 2. The summed E-state index contributed by atoms with van der Waals surface area (Å²) in [6, 6.07) is 17.6. The first-order chi connectivity index (χ1) is 10.3. The lowest BCUT2D eigenvalue weighted by Gasteiger charge is -2.10. The molecule has 0 heterocycles. The molecule has 2 aromatic carbocycles. The van der Waals surface area contributed by atoms with Gasteiger partial charge in [-0.25, -0.2) is 0 Å². The topological polar surface area (TPSA) is 77.1 Å². The quantitative estimate of drug-likeness (QED) is 0.482. The van der Waals surface area contributed by atoms with Crippen molar-refractivity contribution in [1.29, 1.82) is 0 Å². The number of aliphatic hydroxyl groups excluding tert-OH is 1. The van der Waals surface area contributed by atoms with Gasteiger partial charge in [0.05, 0.1) is 0 Å². The molecule has 110 valence electrons. The molecule has 0 saturated heterocycles. The third-order valence-electron chi connectivity index (χ3n) is 2.56. The van der Waals surface area contributed by atoms with E-state index in [9.17, 15) is 10.3 Å². The van der Waals surface area contributed by atoms with Crippen LogP contribution < -0.4 is 4.74 Å². The zero-order chi connectivity index (χ0) is 14.9. The third kappa shape index (κ3) is 5.12. The summed E-state index contributed by atoms with van der Waals surface area (Å²) in [6.07, 6.45) is -0.877. The van der Waals surface area contributed by atoms with Crippen LogP contribution in [0.3, 0.4) is 0 Å². The number of para-hydroxylation sites is 2. The average Bonchev–Trinajstić information content (AvgIpc) is 2.54. The molecule has 6 nitrogen and oxygen atoms in total. The predicted octanol–water partition coefficient (Wildman–Crippen LogP) is 2.65. The molecule has 0 fully saturated rings. The SMILES string of the molecule is [O-]/[N+](=N\OCC(O)COc1ccccc1)c1ccccc1. The molecule has 6 heteroatoms. The Kier molecular flexibility index (Phi) is 5.54. The summed E-state index contributed by atoms with van der Waals surface area (Å²) < 4.78 is 5.35. The Labute approximate surface area is 122 Å². The minimum atomic E-state index is -0.877. The molecule has 0 radical (unpaired) electrons. The lowest BCUT2D eigenvalue weighted by atomic mass is 10.3. The second kappa shape index (κ2) is 7.86. The number of rotatable bonds is 7. The first kappa shape index (κ1) is 14.8. The lowest BCUT2D eigenvalue weighted by molar-refractivity contribution is -0.479. The van der Waals surface area contributed by atoms with Gasteiger partial charge in [0.2, 0.25) is 11.0 Å². The molecule has 1 N–H and O–H groups in total. The molecule has 0 spiro atoms. The Hall–Kier alpha value is -2.60. The van der Waals surface area contributed by atoms with Gasteiger partial charge in [-0.2, -0.15) is 0 Å². The van der Waals surface area contributed by atoms with Crippen molar-refractivity contribution in [1.82, 2.24) is 0 Å². The maximum atomic E-state index is 11.5. The second-order valence-corrected chi connectivity index (χ2v) is 4.26. The summed E-state index contributed by atoms with van der Waals surface area (Å²) in [7, 11) is 0. The fraction of sp³-hybridized carbons (Fsp3) is 0.200. The number of hydrogen-bond donors (Lipinski definition) is 1. The normalized spacial score (nSPS) is 12.7. The van der Waals surface area contributed by atoms with Gasteiger partial charge in [-0.3, -0.25) is 0 Å². The van der Waals surface area contributed by atoms with Crippen LogP contribution in [0.5, 0.6) is 5.75 Å². The van der Waals surface area contributed by atoms with Gasteiger partial charge in [0.25, 0.3) is 0 Å². The van der Waals surface area contributed by atoms with Gasteiger partial charge in [0.1, 0.15) is 18.5 Å². The number of benzene rings is 2. The maximum absolute atomic E-state index is 11.5. The molecule has 0 aromatic heterocycles. The van der Waals surface area contributed by atoms with Gasteiger partial charge in [0, 0.05) is 12.1 Å². The molecule has 0 amide bonds. The number of hydrogen-bond acceptors (Lipinski definition) is 5. The minimum absolute atomic E-state index is 0.0593. The van der Waals surface area contributed by atoms with Crippen LogP contribution >= 0.6 is 0 Å². The van der Waals surface area contributed by atoms with E-state index in [1.165, 1.54) is 0 Å². The molecule has 0 aliphatic carbocycles. The van der Waals surface area contributed by atoms with Crippen molar-refractivity contribution in [2.75, 3.05) is 13.2 Å².